The molecule has 0 unspecified atom stereocenters. The van der Waals surface area contributed by atoms with Crippen LogP contribution in [0.2, 0.25) is 5.02 Å². The molecule has 0 radical (unpaired) electrons. The van der Waals surface area contributed by atoms with Gasteiger partial charge in [0, 0.05) is 10.0 Å². The summed E-state index contributed by atoms with van der Waals surface area (Å²) in [6, 6.07) is 10.4. The Balaban J connectivity index is 1.96. The zero-order chi connectivity index (χ0) is 18.4. The lowest BCUT2D eigenvalue weighted by molar-refractivity contribution is 0.103. The zero-order valence-corrected chi connectivity index (χ0v) is 15.7. The second kappa shape index (κ2) is 6.22. The minimum Gasteiger partial charge on any atom is -0.497 e. The van der Waals surface area contributed by atoms with E-state index in [1.807, 2.05) is 0 Å². The van der Waals surface area contributed by atoms with Gasteiger partial charge in [0.05, 0.1) is 23.0 Å². The van der Waals surface area contributed by atoms with Crippen LogP contribution in [-0.2, 0) is 0 Å². The van der Waals surface area contributed by atoms with Gasteiger partial charge in [-0.3, -0.25) is 4.79 Å². The van der Waals surface area contributed by atoms with E-state index in [1.54, 1.807) is 36.4 Å². The van der Waals surface area contributed by atoms with E-state index < -0.39 is 0 Å². The molecule has 2 heterocycles. The van der Waals surface area contributed by atoms with Gasteiger partial charge in [0.2, 0.25) is 5.78 Å². The SMILES string of the molecule is COc1ccc(Br)c(C(=O)c2nnn3c2nc(N)c2c(Cl)cccc23)c1. The van der Waals surface area contributed by atoms with Crippen LogP contribution >= 0.6 is 27.5 Å². The molecule has 2 aromatic heterocycles. The number of nitrogens with zero attached hydrogens (tertiary/aromatic N) is 4. The smallest absolute Gasteiger partial charge is 0.218 e. The third-order valence-electron chi connectivity index (χ3n) is 3.98. The predicted molar refractivity (Wildman–Crippen MR) is 102 cm³/mol. The van der Waals surface area contributed by atoms with E-state index >= 15 is 0 Å². The number of nitrogens with two attached hydrogens (primary N) is 1. The topological polar surface area (TPSA) is 95.4 Å². The lowest BCUT2D eigenvalue weighted by atomic mass is 10.1. The van der Waals surface area contributed by atoms with Crippen molar-refractivity contribution in [2.75, 3.05) is 12.8 Å². The molecule has 0 saturated heterocycles. The van der Waals surface area contributed by atoms with Gasteiger partial charge in [0.1, 0.15) is 11.6 Å². The molecule has 9 heteroatoms. The van der Waals surface area contributed by atoms with Crippen LogP contribution in [0.1, 0.15) is 16.1 Å². The Kier molecular flexibility index (Phi) is 4.01. The number of halogens is 2. The highest BCUT2D eigenvalue weighted by Gasteiger charge is 2.23. The molecular formula is C17H11BrClN5O2. The minimum atomic E-state index is -0.348. The molecule has 0 aliphatic heterocycles. The first-order valence-electron chi connectivity index (χ1n) is 7.48. The number of ether oxygens (including phenoxy) is 1. The molecule has 0 bridgehead atoms. The van der Waals surface area contributed by atoms with Crippen LogP contribution in [0.4, 0.5) is 5.82 Å². The summed E-state index contributed by atoms with van der Waals surface area (Å²) >= 11 is 9.59. The largest absolute Gasteiger partial charge is 0.497 e. The molecule has 0 atom stereocenters. The molecule has 0 saturated carbocycles. The number of carbonyl (C=O) groups is 1. The van der Waals surface area contributed by atoms with Crippen molar-refractivity contribution >= 4 is 55.7 Å². The van der Waals surface area contributed by atoms with Crippen LogP contribution in [-0.4, -0.2) is 32.7 Å². The van der Waals surface area contributed by atoms with E-state index in [2.05, 4.69) is 31.2 Å². The molecule has 0 spiro atoms. The van der Waals surface area contributed by atoms with Crippen molar-refractivity contribution in [1.29, 1.82) is 0 Å². The van der Waals surface area contributed by atoms with Gasteiger partial charge >= 0.3 is 0 Å². The first kappa shape index (κ1) is 16.7. The first-order chi connectivity index (χ1) is 12.5. The van der Waals surface area contributed by atoms with Crippen LogP contribution in [0.5, 0.6) is 5.75 Å². The van der Waals surface area contributed by atoms with Crippen molar-refractivity contribution in [3.8, 4) is 5.75 Å². The molecular weight excluding hydrogens is 422 g/mol. The van der Waals surface area contributed by atoms with Gasteiger partial charge in [-0.2, -0.15) is 4.52 Å². The number of hydrogen-bond donors (Lipinski definition) is 1. The normalized spacial score (nSPS) is 11.2. The summed E-state index contributed by atoms with van der Waals surface area (Å²) in [5, 5.41) is 9.12. The number of fused-ring (bicyclic) bond motifs is 3. The fourth-order valence-electron chi connectivity index (χ4n) is 2.73. The fraction of sp³-hybridized carbons (Fsp3) is 0.0588. The lowest BCUT2D eigenvalue weighted by Crippen LogP contribution is -2.06. The van der Waals surface area contributed by atoms with Crippen LogP contribution in [0.15, 0.2) is 40.9 Å². The van der Waals surface area contributed by atoms with Crippen molar-refractivity contribution < 1.29 is 9.53 Å². The van der Waals surface area contributed by atoms with E-state index in [0.717, 1.165) is 0 Å². The maximum atomic E-state index is 13.0. The molecule has 4 aromatic rings. The quantitative estimate of drug-likeness (QED) is 0.498. The Hall–Kier alpha value is -2.71. The molecule has 0 fully saturated rings. The van der Waals surface area contributed by atoms with Crippen molar-refractivity contribution in [3.63, 3.8) is 0 Å². The van der Waals surface area contributed by atoms with Gasteiger partial charge in [0.25, 0.3) is 0 Å². The predicted octanol–water partition coefficient (Wildman–Crippen LogP) is 3.52. The van der Waals surface area contributed by atoms with Gasteiger partial charge in [-0.15, -0.1) is 5.10 Å². The highest BCUT2D eigenvalue weighted by Crippen LogP contribution is 2.30. The highest BCUT2D eigenvalue weighted by molar-refractivity contribution is 9.10. The van der Waals surface area contributed by atoms with Gasteiger partial charge in [-0.25, -0.2) is 4.98 Å². The summed E-state index contributed by atoms with van der Waals surface area (Å²) in [6.07, 6.45) is 0. The molecule has 130 valence electrons. The molecule has 0 aliphatic carbocycles. The summed E-state index contributed by atoms with van der Waals surface area (Å²) in [5.74, 6) is 0.413. The van der Waals surface area contributed by atoms with Gasteiger partial charge in [0.15, 0.2) is 11.3 Å². The second-order valence-electron chi connectivity index (χ2n) is 5.48. The number of carbonyl (C=O) groups excluding carboxylic acids is 1. The number of rotatable bonds is 3. The minimum absolute atomic E-state index is 0.0903. The van der Waals surface area contributed by atoms with Crippen LogP contribution in [0.3, 0.4) is 0 Å². The third-order valence-corrected chi connectivity index (χ3v) is 4.99. The lowest BCUT2D eigenvalue weighted by Gasteiger charge is -2.07. The summed E-state index contributed by atoms with van der Waals surface area (Å²) in [6.45, 7) is 0. The number of hydrogen-bond acceptors (Lipinski definition) is 6. The number of ketones is 1. The number of aromatic nitrogens is 4. The van der Waals surface area contributed by atoms with E-state index in [4.69, 9.17) is 22.1 Å². The Bertz CT molecular complexity index is 1190. The van der Waals surface area contributed by atoms with E-state index in [9.17, 15) is 4.79 Å². The molecule has 0 amide bonds. The van der Waals surface area contributed by atoms with Crippen LogP contribution in [0.25, 0.3) is 16.6 Å². The summed E-state index contributed by atoms with van der Waals surface area (Å²) in [5.41, 5.74) is 7.42. The van der Waals surface area contributed by atoms with Crippen molar-refractivity contribution in [3.05, 3.63) is 57.2 Å². The van der Waals surface area contributed by atoms with E-state index in [1.165, 1.54) is 11.6 Å². The first-order valence-corrected chi connectivity index (χ1v) is 8.65. The molecule has 2 N–H and O–H groups in total. The average molecular weight is 433 g/mol. The van der Waals surface area contributed by atoms with Crippen molar-refractivity contribution in [1.82, 2.24) is 19.8 Å². The van der Waals surface area contributed by atoms with Gasteiger partial charge in [-0.1, -0.05) is 38.8 Å². The third kappa shape index (κ3) is 2.49. The molecule has 26 heavy (non-hydrogen) atoms. The average Bonchev–Trinajstić information content (AvgIpc) is 3.05. The van der Waals surface area contributed by atoms with Gasteiger partial charge < -0.3 is 10.5 Å². The standard InChI is InChI=1S/C17H11BrClN5O2/c1-26-8-5-6-10(18)9(7-8)15(25)14-17-21-16(20)13-11(19)3-2-4-12(13)24(17)23-22-14/h2-7H,1H3,(H2,20,21). The summed E-state index contributed by atoms with van der Waals surface area (Å²) < 4.78 is 7.26. The number of anilines is 1. The zero-order valence-electron chi connectivity index (χ0n) is 13.4. The van der Waals surface area contributed by atoms with Gasteiger partial charge in [-0.05, 0) is 30.3 Å². The number of benzene rings is 2. The van der Waals surface area contributed by atoms with E-state index in [0.29, 0.717) is 31.7 Å². The number of methoxy groups -OCH3 is 1. The Morgan fingerprint density at radius 3 is 2.88 bits per heavy atom. The maximum Gasteiger partial charge on any atom is 0.218 e. The Morgan fingerprint density at radius 1 is 1.31 bits per heavy atom. The monoisotopic (exact) mass is 431 g/mol. The number of nitrogen functional groups attached to an aromatic ring is 1. The Morgan fingerprint density at radius 2 is 2.12 bits per heavy atom. The van der Waals surface area contributed by atoms with Crippen LogP contribution in [0, 0.1) is 0 Å². The fourth-order valence-corrected chi connectivity index (χ4v) is 3.43. The molecule has 4 rings (SSSR count). The second-order valence-corrected chi connectivity index (χ2v) is 6.74. The molecule has 2 aromatic carbocycles. The van der Waals surface area contributed by atoms with E-state index in [-0.39, 0.29) is 22.9 Å². The summed E-state index contributed by atoms with van der Waals surface area (Å²) in [7, 11) is 1.53. The molecule has 7 nitrogen and oxygen atoms in total. The molecule has 0 aliphatic rings. The maximum absolute atomic E-state index is 13.0. The van der Waals surface area contributed by atoms with Crippen LogP contribution < -0.4 is 10.5 Å². The Labute approximate surface area is 160 Å². The highest BCUT2D eigenvalue weighted by atomic mass is 79.9. The van der Waals surface area contributed by atoms with Crippen molar-refractivity contribution in [2.24, 2.45) is 0 Å². The van der Waals surface area contributed by atoms with Crippen molar-refractivity contribution in [2.45, 2.75) is 0 Å². The summed E-state index contributed by atoms with van der Waals surface area (Å²) in [4.78, 5) is 17.3.